The van der Waals surface area contributed by atoms with Crippen LogP contribution in [0.2, 0.25) is 0 Å². The number of rotatable bonds is 4. The van der Waals surface area contributed by atoms with Gasteiger partial charge in [-0.15, -0.1) is 0 Å². The summed E-state index contributed by atoms with van der Waals surface area (Å²) in [4.78, 5) is 0. The van der Waals surface area contributed by atoms with Gasteiger partial charge in [0, 0.05) is 12.6 Å². The summed E-state index contributed by atoms with van der Waals surface area (Å²) in [6.07, 6.45) is 0. The van der Waals surface area contributed by atoms with Gasteiger partial charge < -0.3 is 9.84 Å². The van der Waals surface area contributed by atoms with Gasteiger partial charge in [-0.05, 0) is 29.7 Å². The maximum Gasteiger partial charge on any atom is 0.128 e. The normalized spacial score (nSPS) is 11.1. The number of hydrogen-bond acceptors (Lipinski definition) is 3. The Morgan fingerprint density at radius 2 is 2.05 bits per heavy atom. The van der Waals surface area contributed by atoms with Gasteiger partial charge >= 0.3 is 0 Å². The van der Waals surface area contributed by atoms with Crippen LogP contribution < -0.4 is 4.74 Å². The Bertz CT molecular complexity index is 574. The molecular formula is C15H20N2O2. The maximum atomic E-state index is 9.18. The van der Waals surface area contributed by atoms with E-state index in [2.05, 4.69) is 31.1 Å². The van der Waals surface area contributed by atoms with E-state index < -0.39 is 0 Å². The van der Waals surface area contributed by atoms with Crippen LogP contribution >= 0.6 is 0 Å². The summed E-state index contributed by atoms with van der Waals surface area (Å²) in [5, 5.41) is 13.5. The Balaban J connectivity index is 2.57. The standard InChI is InChI=1S/C15H20N2O2/c1-10(2)11-5-6-15(19-4)13(7-11)14-8-12(9-18)16-17(14)3/h5-8,10,18H,9H2,1-4H3. The zero-order valence-electron chi connectivity index (χ0n) is 11.8. The van der Waals surface area contributed by atoms with Gasteiger partial charge in [-0.2, -0.15) is 5.10 Å². The third-order valence-electron chi connectivity index (χ3n) is 3.26. The van der Waals surface area contributed by atoms with Crippen LogP contribution in [0.3, 0.4) is 0 Å². The number of benzene rings is 1. The van der Waals surface area contributed by atoms with Crippen molar-refractivity contribution in [3.63, 3.8) is 0 Å². The van der Waals surface area contributed by atoms with Gasteiger partial charge in [0.15, 0.2) is 0 Å². The predicted molar refractivity (Wildman–Crippen MR) is 75.2 cm³/mol. The molecule has 4 heteroatoms. The molecule has 0 amide bonds. The van der Waals surface area contributed by atoms with Crippen molar-refractivity contribution in [3.8, 4) is 17.0 Å². The van der Waals surface area contributed by atoms with Crippen molar-refractivity contribution in [2.75, 3.05) is 7.11 Å². The molecule has 1 N–H and O–H groups in total. The molecule has 2 aromatic rings. The lowest BCUT2D eigenvalue weighted by Crippen LogP contribution is -1.98. The Morgan fingerprint density at radius 3 is 2.58 bits per heavy atom. The van der Waals surface area contributed by atoms with Crippen LogP contribution in [0.5, 0.6) is 5.75 Å². The molecule has 0 radical (unpaired) electrons. The molecule has 1 aromatic carbocycles. The molecule has 1 heterocycles. The summed E-state index contributed by atoms with van der Waals surface area (Å²) in [7, 11) is 3.53. The Labute approximate surface area is 113 Å². The quantitative estimate of drug-likeness (QED) is 0.919. The minimum atomic E-state index is -0.0555. The van der Waals surface area contributed by atoms with Crippen LogP contribution in [0, 0.1) is 0 Å². The second-order valence-corrected chi connectivity index (χ2v) is 4.92. The lowest BCUT2D eigenvalue weighted by atomic mass is 9.99. The highest BCUT2D eigenvalue weighted by molar-refractivity contribution is 5.69. The monoisotopic (exact) mass is 260 g/mol. The first-order valence-corrected chi connectivity index (χ1v) is 6.39. The molecule has 2 rings (SSSR count). The van der Waals surface area contributed by atoms with Crippen molar-refractivity contribution < 1.29 is 9.84 Å². The fourth-order valence-corrected chi connectivity index (χ4v) is 2.14. The van der Waals surface area contributed by atoms with Crippen molar-refractivity contribution in [2.45, 2.75) is 26.4 Å². The Morgan fingerprint density at radius 1 is 1.32 bits per heavy atom. The summed E-state index contributed by atoms with van der Waals surface area (Å²) < 4.78 is 7.20. The van der Waals surface area contributed by atoms with Crippen LogP contribution in [0.4, 0.5) is 0 Å². The molecule has 19 heavy (non-hydrogen) atoms. The lowest BCUT2D eigenvalue weighted by Gasteiger charge is -2.12. The van der Waals surface area contributed by atoms with Gasteiger partial charge in [-0.3, -0.25) is 4.68 Å². The Kier molecular flexibility index (Phi) is 3.90. The number of aliphatic hydroxyl groups excluding tert-OH is 1. The smallest absolute Gasteiger partial charge is 0.128 e. The zero-order valence-corrected chi connectivity index (χ0v) is 11.8. The Hall–Kier alpha value is -1.81. The summed E-state index contributed by atoms with van der Waals surface area (Å²) in [6.45, 7) is 4.27. The molecule has 4 nitrogen and oxygen atoms in total. The predicted octanol–water partition coefficient (Wildman–Crippen LogP) is 2.71. The number of nitrogens with zero attached hydrogens (tertiary/aromatic N) is 2. The van der Waals surface area contributed by atoms with Gasteiger partial charge in [-0.1, -0.05) is 19.9 Å². The van der Waals surface area contributed by atoms with Crippen molar-refractivity contribution >= 4 is 0 Å². The van der Waals surface area contributed by atoms with Crippen molar-refractivity contribution in [3.05, 3.63) is 35.5 Å². The maximum absolute atomic E-state index is 9.18. The van der Waals surface area contributed by atoms with E-state index in [0.717, 1.165) is 17.0 Å². The molecule has 102 valence electrons. The number of ether oxygens (including phenoxy) is 1. The minimum Gasteiger partial charge on any atom is -0.496 e. The number of methoxy groups -OCH3 is 1. The van der Waals surface area contributed by atoms with Crippen LogP contribution in [-0.4, -0.2) is 22.0 Å². The molecule has 0 atom stereocenters. The first kappa shape index (κ1) is 13.6. The van der Waals surface area contributed by atoms with Crippen molar-refractivity contribution in [1.82, 2.24) is 9.78 Å². The van der Waals surface area contributed by atoms with E-state index >= 15 is 0 Å². The molecule has 0 bridgehead atoms. The summed E-state index contributed by atoms with van der Waals surface area (Å²) in [5.41, 5.74) is 3.86. The highest BCUT2D eigenvalue weighted by Crippen LogP contribution is 2.33. The second-order valence-electron chi connectivity index (χ2n) is 4.92. The topological polar surface area (TPSA) is 47.3 Å². The molecule has 0 saturated carbocycles. The zero-order chi connectivity index (χ0) is 14.0. The second kappa shape index (κ2) is 5.45. The molecule has 0 aliphatic carbocycles. The largest absolute Gasteiger partial charge is 0.496 e. The van der Waals surface area contributed by atoms with E-state index in [9.17, 15) is 5.11 Å². The van der Waals surface area contributed by atoms with Gasteiger partial charge in [0.25, 0.3) is 0 Å². The first-order valence-electron chi connectivity index (χ1n) is 6.39. The van der Waals surface area contributed by atoms with E-state index in [1.165, 1.54) is 5.56 Å². The first-order chi connectivity index (χ1) is 9.06. The summed E-state index contributed by atoms with van der Waals surface area (Å²) in [5.74, 6) is 1.27. The molecule has 0 aliphatic rings. The number of hydrogen-bond donors (Lipinski definition) is 1. The fourth-order valence-electron chi connectivity index (χ4n) is 2.14. The molecule has 0 unspecified atom stereocenters. The van der Waals surface area contributed by atoms with Gasteiger partial charge in [0.2, 0.25) is 0 Å². The van der Waals surface area contributed by atoms with E-state index in [1.807, 2.05) is 19.2 Å². The molecule has 0 fully saturated rings. The van der Waals surface area contributed by atoms with Crippen LogP contribution in [0.1, 0.15) is 31.0 Å². The third kappa shape index (κ3) is 2.63. The molecule has 0 spiro atoms. The number of aromatic nitrogens is 2. The van der Waals surface area contributed by atoms with Gasteiger partial charge in [-0.25, -0.2) is 0 Å². The highest BCUT2D eigenvalue weighted by atomic mass is 16.5. The average Bonchev–Trinajstić information content (AvgIpc) is 2.79. The number of aryl methyl sites for hydroxylation is 1. The summed E-state index contributed by atoms with van der Waals surface area (Å²) in [6, 6.07) is 8.08. The minimum absolute atomic E-state index is 0.0555. The van der Waals surface area contributed by atoms with Crippen LogP contribution in [0.15, 0.2) is 24.3 Å². The van der Waals surface area contributed by atoms with Crippen LogP contribution in [-0.2, 0) is 13.7 Å². The van der Waals surface area contributed by atoms with Crippen molar-refractivity contribution in [2.24, 2.45) is 7.05 Å². The fraction of sp³-hybridized carbons (Fsp3) is 0.400. The highest BCUT2D eigenvalue weighted by Gasteiger charge is 2.13. The van der Waals surface area contributed by atoms with E-state index in [0.29, 0.717) is 11.6 Å². The SMILES string of the molecule is COc1ccc(C(C)C)cc1-c1cc(CO)nn1C. The van der Waals surface area contributed by atoms with E-state index in [1.54, 1.807) is 11.8 Å². The van der Waals surface area contributed by atoms with E-state index in [4.69, 9.17) is 4.74 Å². The van der Waals surface area contributed by atoms with Gasteiger partial charge in [0.05, 0.1) is 25.1 Å². The molecule has 0 aliphatic heterocycles. The molecule has 0 saturated heterocycles. The van der Waals surface area contributed by atoms with Crippen molar-refractivity contribution in [1.29, 1.82) is 0 Å². The van der Waals surface area contributed by atoms with Gasteiger partial charge in [0.1, 0.15) is 5.75 Å². The van der Waals surface area contributed by atoms with E-state index in [-0.39, 0.29) is 6.61 Å². The van der Waals surface area contributed by atoms with Crippen LogP contribution in [0.25, 0.3) is 11.3 Å². The average molecular weight is 260 g/mol. The number of aliphatic hydroxyl groups is 1. The third-order valence-corrected chi connectivity index (χ3v) is 3.26. The lowest BCUT2D eigenvalue weighted by molar-refractivity contribution is 0.275. The molecular weight excluding hydrogens is 240 g/mol. The summed E-state index contributed by atoms with van der Waals surface area (Å²) >= 11 is 0. The molecule has 1 aromatic heterocycles.